The first kappa shape index (κ1) is 36.7. The fraction of sp³-hybridized carbons (Fsp3) is 0.275. The molecule has 56 heavy (non-hydrogen) atoms. The van der Waals surface area contributed by atoms with Crippen molar-refractivity contribution in [2.24, 2.45) is 0 Å². The number of imide groups is 2. The molecule has 2 aromatic heterocycles. The Hall–Kier alpha value is -6.26. The Morgan fingerprint density at radius 1 is 0.911 bits per heavy atom. The molecule has 0 spiro atoms. The highest BCUT2D eigenvalue weighted by Crippen LogP contribution is 2.32. The molecule has 0 saturated carbocycles. The number of nitrogens with one attached hydrogen (secondary N) is 3. The molecule has 5 amide bonds. The molecule has 286 valence electrons. The molecule has 5 aromatic rings. The zero-order valence-electron chi connectivity index (χ0n) is 30.6. The van der Waals surface area contributed by atoms with E-state index in [0.29, 0.717) is 62.8 Å². The van der Waals surface area contributed by atoms with Gasteiger partial charge in [-0.25, -0.2) is 4.52 Å². The summed E-state index contributed by atoms with van der Waals surface area (Å²) in [7, 11) is 0. The lowest BCUT2D eigenvalue weighted by atomic mass is 10.0. The minimum absolute atomic E-state index is 0.0529. The van der Waals surface area contributed by atoms with Gasteiger partial charge in [-0.3, -0.25) is 34.2 Å². The molecule has 0 bridgehead atoms. The van der Waals surface area contributed by atoms with Gasteiger partial charge in [0.25, 0.3) is 11.8 Å². The van der Waals surface area contributed by atoms with E-state index in [1.54, 1.807) is 29.0 Å². The lowest BCUT2D eigenvalue weighted by Crippen LogP contribution is -2.54. The van der Waals surface area contributed by atoms with Gasteiger partial charge in [-0.1, -0.05) is 12.1 Å². The number of piperazine rings is 1. The SMILES string of the molecule is C[S+]([O-])c1ccc(-c2cccc3nc(Nc4ccc(N5CCN(C(=O)CCCNc6cccc7c6C(=O)N(C6CCC(=O)NC6=O)C7=O)CC5)cc4)nn23)cc1. The second-order valence-electron chi connectivity index (χ2n) is 13.8. The van der Waals surface area contributed by atoms with E-state index >= 15 is 0 Å². The van der Waals surface area contributed by atoms with E-state index in [9.17, 15) is 28.5 Å². The van der Waals surface area contributed by atoms with E-state index in [-0.39, 0.29) is 29.9 Å². The van der Waals surface area contributed by atoms with E-state index in [4.69, 9.17) is 5.10 Å². The van der Waals surface area contributed by atoms with E-state index < -0.39 is 40.8 Å². The standard InChI is InChI=1S/C40H39N9O6S/c1-56(55)28-16-10-25(11-17-28)31-7-3-8-33-43-40(45-49(31)33)42-26-12-14-27(15-13-26)46-21-23-47(24-22-46)35(51)9-4-20-41-30-6-2-5-29-36(30)39(54)48(38(29)53)32-18-19-34(50)44-37(32)52/h2-3,5-8,10-17,32,41H,4,9,18-24H2,1H3,(H,42,45)(H,44,50,52). The third-order valence-corrected chi connectivity index (χ3v) is 11.2. The van der Waals surface area contributed by atoms with Crippen LogP contribution in [0.4, 0.5) is 23.0 Å². The van der Waals surface area contributed by atoms with Crippen molar-refractivity contribution in [1.29, 1.82) is 0 Å². The van der Waals surface area contributed by atoms with Crippen LogP contribution >= 0.6 is 0 Å². The van der Waals surface area contributed by atoms with Gasteiger partial charge in [0.05, 0.1) is 16.8 Å². The van der Waals surface area contributed by atoms with Gasteiger partial charge in [0.1, 0.15) is 12.3 Å². The van der Waals surface area contributed by atoms with Crippen LogP contribution in [0.5, 0.6) is 0 Å². The maximum absolute atomic E-state index is 13.3. The molecule has 3 aliphatic rings. The van der Waals surface area contributed by atoms with Crippen molar-refractivity contribution in [2.45, 2.75) is 36.6 Å². The van der Waals surface area contributed by atoms with Gasteiger partial charge in [0.15, 0.2) is 10.5 Å². The lowest BCUT2D eigenvalue weighted by Gasteiger charge is -2.36. The molecule has 3 aliphatic heterocycles. The fourth-order valence-electron chi connectivity index (χ4n) is 7.38. The Balaban J connectivity index is 0.808. The Bertz CT molecular complexity index is 2340. The molecule has 15 nitrogen and oxygen atoms in total. The van der Waals surface area contributed by atoms with Gasteiger partial charge < -0.3 is 25.0 Å². The fourth-order valence-corrected chi connectivity index (χ4v) is 7.90. The minimum Gasteiger partial charge on any atom is -0.612 e. The maximum atomic E-state index is 13.3. The van der Waals surface area contributed by atoms with Crippen LogP contribution in [0.15, 0.2) is 89.8 Å². The van der Waals surface area contributed by atoms with Crippen LogP contribution < -0.4 is 20.9 Å². The number of nitrogens with zero attached hydrogens (tertiary/aromatic N) is 6. The smallest absolute Gasteiger partial charge is 0.264 e. The van der Waals surface area contributed by atoms with Crippen LogP contribution in [0.3, 0.4) is 0 Å². The zero-order chi connectivity index (χ0) is 38.9. The number of carbonyl (C=O) groups is 5. The monoisotopic (exact) mass is 773 g/mol. The molecule has 0 aliphatic carbocycles. The Kier molecular flexibility index (Phi) is 10.1. The second kappa shape index (κ2) is 15.5. The van der Waals surface area contributed by atoms with Crippen molar-refractivity contribution < 1.29 is 28.5 Å². The van der Waals surface area contributed by atoms with Gasteiger partial charge in [0.2, 0.25) is 23.7 Å². The summed E-state index contributed by atoms with van der Waals surface area (Å²) in [5.41, 5.74) is 5.27. The highest BCUT2D eigenvalue weighted by molar-refractivity contribution is 7.90. The molecule has 8 rings (SSSR count). The normalized spacial score (nSPS) is 17.6. The average molecular weight is 774 g/mol. The third-order valence-electron chi connectivity index (χ3n) is 10.3. The Morgan fingerprint density at radius 2 is 1.66 bits per heavy atom. The number of amides is 5. The minimum atomic E-state index is -1.05. The van der Waals surface area contributed by atoms with Gasteiger partial charge in [0, 0.05) is 68.2 Å². The van der Waals surface area contributed by atoms with Gasteiger partial charge in [-0.2, -0.15) is 4.98 Å². The van der Waals surface area contributed by atoms with Crippen LogP contribution in [0.25, 0.3) is 16.9 Å². The van der Waals surface area contributed by atoms with E-state index in [1.807, 2.05) is 71.6 Å². The van der Waals surface area contributed by atoms with Crippen molar-refractivity contribution in [3.63, 3.8) is 0 Å². The molecule has 2 unspecified atom stereocenters. The summed E-state index contributed by atoms with van der Waals surface area (Å²) in [5, 5.41) is 13.4. The molecular weight excluding hydrogens is 735 g/mol. The summed E-state index contributed by atoms with van der Waals surface area (Å²) in [6.45, 7) is 2.98. The van der Waals surface area contributed by atoms with Crippen molar-refractivity contribution in [1.82, 2.24) is 29.7 Å². The number of hydrogen-bond acceptors (Lipinski definition) is 11. The third kappa shape index (κ3) is 7.27. The Labute approximate surface area is 325 Å². The second-order valence-corrected chi connectivity index (χ2v) is 15.2. The number of hydrogen-bond donors (Lipinski definition) is 3. The number of piperidine rings is 1. The van der Waals surface area contributed by atoms with Gasteiger partial charge in [-0.05, 0) is 96.8 Å². The summed E-state index contributed by atoms with van der Waals surface area (Å²) >= 11 is -1.05. The van der Waals surface area contributed by atoms with Crippen LogP contribution in [0, 0.1) is 0 Å². The highest BCUT2D eigenvalue weighted by Gasteiger charge is 2.45. The molecule has 2 saturated heterocycles. The van der Waals surface area contributed by atoms with Crippen molar-refractivity contribution in [3.05, 3.63) is 96.1 Å². The molecule has 2 fully saturated rings. The molecule has 2 atom stereocenters. The van der Waals surface area contributed by atoms with Gasteiger partial charge >= 0.3 is 0 Å². The van der Waals surface area contributed by atoms with Crippen molar-refractivity contribution in [2.75, 3.05) is 54.5 Å². The molecule has 5 heterocycles. The largest absolute Gasteiger partial charge is 0.612 e. The first-order valence-corrected chi connectivity index (χ1v) is 20.0. The molecule has 0 radical (unpaired) electrons. The van der Waals surface area contributed by atoms with E-state index in [1.165, 1.54) is 0 Å². The number of carbonyl (C=O) groups excluding carboxylic acids is 5. The number of rotatable bonds is 11. The van der Waals surface area contributed by atoms with Gasteiger partial charge in [-0.15, -0.1) is 5.10 Å². The summed E-state index contributed by atoms with van der Waals surface area (Å²) in [6.07, 6.45) is 2.65. The summed E-state index contributed by atoms with van der Waals surface area (Å²) in [5.74, 6) is -1.69. The van der Waals surface area contributed by atoms with Crippen LogP contribution in [0.1, 0.15) is 46.4 Å². The quantitative estimate of drug-likeness (QED) is 0.101. The van der Waals surface area contributed by atoms with Crippen LogP contribution in [-0.2, 0) is 25.6 Å². The summed E-state index contributed by atoms with van der Waals surface area (Å²) in [4.78, 5) is 74.1. The number of benzene rings is 3. The molecular formula is C40H39N9O6S. The number of fused-ring (bicyclic) bond motifs is 2. The predicted molar refractivity (Wildman–Crippen MR) is 210 cm³/mol. The maximum Gasteiger partial charge on any atom is 0.264 e. The number of aromatic nitrogens is 3. The predicted octanol–water partition coefficient (Wildman–Crippen LogP) is 3.82. The lowest BCUT2D eigenvalue weighted by molar-refractivity contribution is -0.136. The van der Waals surface area contributed by atoms with Crippen LogP contribution in [0.2, 0.25) is 0 Å². The van der Waals surface area contributed by atoms with Crippen molar-refractivity contribution >= 4 is 69.4 Å². The first-order chi connectivity index (χ1) is 27.1. The van der Waals surface area contributed by atoms with Crippen molar-refractivity contribution in [3.8, 4) is 11.3 Å². The molecule has 3 N–H and O–H groups in total. The first-order valence-electron chi connectivity index (χ1n) is 18.4. The topological polar surface area (TPSA) is 184 Å². The summed E-state index contributed by atoms with van der Waals surface area (Å²) < 4.78 is 13.6. The number of anilines is 4. The average Bonchev–Trinajstić information content (AvgIpc) is 3.74. The van der Waals surface area contributed by atoms with Crippen LogP contribution in [-0.4, -0.2) is 104 Å². The zero-order valence-corrected chi connectivity index (χ0v) is 31.4. The highest BCUT2D eigenvalue weighted by atomic mass is 32.2. The number of pyridine rings is 1. The molecule has 16 heteroatoms. The van der Waals surface area contributed by atoms with E-state index in [0.717, 1.165) is 32.4 Å². The molecule has 3 aromatic carbocycles. The van der Waals surface area contributed by atoms with E-state index in [2.05, 4.69) is 25.8 Å². The summed E-state index contributed by atoms with van der Waals surface area (Å²) in [6, 6.07) is 25.3. The Morgan fingerprint density at radius 3 is 2.39 bits per heavy atom.